The molecule has 146 valence electrons. The van der Waals surface area contributed by atoms with E-state index in [4.69, 9.17) is 9.73 Å². The second-order valence-corrected chi connectivity index (χ2v) is 7.72. The number of benzene rings is 1. The first kappa shape index (κ1) is 19.7. The van der Waals surface area contributed by atoms with Crippen LogP contribution in [0.25, 0.3) is 0 Å². The molecule has 6 heteroatoms. The zero-order valence-electron chi connectivity index (χ0n) is 16.4. The van der Waals surface area contributed by atoms with Gasteiger partial charge in [-0.25, -0.2) is 4.99 Å². The molecule has 2 aromatic rings. The summed E-state index contributed by atoms with van der Waals surface area (Å²) in [4.78, 5) is 10.8. The van der Waals surface area contributed by atoms with Crippen LogP contribution in [-0.4, -0.2) is 57.3 Å². The van der Waals surface area contributed by atoms with Gasteiger partial charge >= 0.3 is 0 Å². The van der Waals surface area contributed by atoms with Crippen molar-refractivity contribution in [2.75, 3.05) is 51.3 Å². The Morgan fingerprint density at radius 1 is 1.22 bits per heavy atom. The number of morpholine rings is 1. The van der Waals surface area contributed by atoms with Crippen LogP contribution >= 0.6 is 11.3 Å². The summed E-state index contributed by atoms with van der Waals surface area (Å²) in [6.07, 6.45) is 1.05. The van der Waals surface area contributed by atoms with E-state index in [-0.39, 0.29) is 0 Å². The Labute approximate surface area is 166 Å². The van der Waals surface area contributed by atoms with Gasteiger partial charge in [-0.3, -0.25) is 0 Å². The fourth-order valence-electron chi connectivity index (χ4n) is 3.11. The first-order valence-corrected chi connectivity index (χ1v) is 10.6. The van der Waals surface area contributed by atoms with Gasteiger partial charge in [-0.2, -0.15) is 0 Å². The molecule has 0 radical (unpaired) electrons. The van der Waals surface area contributed by atoms with Gasteiger partial charge in [0.05, 0.1) is 19.8 Å². The first-order chi connectivity index (χ1) is 13.3. The lowest BCUT2D eigenvalue weighted by Crippen LogP contribution is -2.39. The van der Waals surface area contributed by atoms with Gasteiger partial charge in [0.1, 0.15) is 0 Å². The van der Waals surface area contributed by atoms with Crippen LogP contribution in [0.15, 0.2) is 46.8 Å². The summed E-state index contributed by atoms with van der Waals surface area (Å²) in [5, 5.41) is 5.54. The highest BCUT2D eigenvalue weighted by molar-refractivity contribution is 7.09. The number of hydrogen-bond acceptors (Lipinski definition) is 4. The standard InChI is InChI=1S/C21H30N4OS/c1-3-22-21(24(2)11-10-20-5-4-16-27-20)23-17-18-6-8-19(9-7-18)25-12-14-26-15-13-25/h4-9,16H,3,10-15,17H2,1-2H3,(H,22,23). The van der Waals surface area contributed by atoms with Gasteiger partial charge in [0.25, 0.3) is 0 Å². The monoisotopic (exact) mass is 386 g/mol. The number of guanidine groups is 1. The highest BCUT2D eigenvalue weighted by Crippen LogP contribution is 2.17. The molecular formula is C21H30N4OS. The minimum absolute atomic E-state index is 0.690. The van der Waals surface area contributed by atoms with E-state index in [9.17, 15) is 0 Å². The molecule has 0 spiro atoms. The number of hydrogen-bond donors (Lipinski definition) is 1. The minimum atomic E-state index is 0.690. The Morgan fingerprint density at radius 2 is 2.00 bits per heavy atom. The van der Waals surface area contributed by atoms with Crippen LogP contribution in [0.5, 0.6) is 0 Å². The zero-order valence-corrected chi connectivity index (χ0v) is 17.2. The molecule has 3 rings (SSSR count). The third-order valence-electron chi connectivity index (χ3n) is 4.69. The van der Waals surface area contributed by atoms with Crippen molar-refractivity contribution in [1.29, 1.82) is 0 Å². The summed E-state index contributed by atoms with van der Waals surface area (Å²) in [6.45, 7) is 8.20. The normalized spacial score (nSPS) is 15.0. The number of ether oxygens (including phenoxy) is 1. The van der Waals surface area contributed by atoms with Crippen molar-refractivity contribution in [1.82, 2.24) is 10.2 Å². The van der Waals surface area contributed by atoms with Crippen molar-refractivity contribution < 1.29 is 4.74 Å². The molecule has 27 heavy (non-hydrogen) atoms. The lowest BCUT2D eigenvalue weighted by molar-refractivity contribution is 0.122. The third kappa shape index (κ3) is 5.97. The van der Waals surface area contributed by atoms with Gasteiger partial charge in [-0.15, -0.1) is 11.3 Å². The number of nitrogens with zero attached hydrogens (tertiary/aromatic N) is 3. The van der Waals surface area contributed by atoms with Crippen molar-refractivity contribution in [2.24, 2.45) is 4.99 Å². The number of rotatable bonds is 7. The Hall–Kier alpha value is -2.05. The molecule has 0 saturated carbocycles. The molecule has 0 atom stereocenters. The van der Waals surface area contributed by atoms with Crippen LogP contribution in [0.1, 0.15) is 17.4 Å². The van der Waals surface area contributed by atoms with Gasteiger partial charge in [0.15, 0.2) is 5.96 Å². The average molecular weight is 387 g/mol. The van der Waals surface area contributed by atoms with Crippen LogP contribution in [0.3, 0.4) is 0 Å². The minimum Gasteiger partial charge on any atom is -0.378 e. The van der Waals surface area contributed by atoms with Crippen molar-refractivity contribution in [3.63, 3.8) is 0 Å². The molecule has 1 fully saturated rings. The molecule has 5 nitrogen and oxygen atoms in total. The SMILES string of the molecule is CCNC(=NCc1ccc(N2CCOCC2)cc1)N(C)CCc1cccs1. The summed E-state index contributed by atoms with van der Waals surface area (Å²) >= 11 is 1.81. The van der Waals surface area contributed by atoms with E-state index in [1.165, 1.54) is 16.1 Å². The largest absolute Gasteiger partial charge is 0.378 e. The average Bonchev–Trinajstić information content (AvgIpc) is 3.24. The Balaban J connectivity index is 1.56. The van der Waals surface area contributed by atoms with Crippen molar-refractivity contribution >= 4 is 23.0 Å². The van der Waals surface area contributed by atoms with Gasteiger partial charge in [-0.05, 0) is 42.5 Å². The van der Waals surface area contributed by atoms with E-state index in [0.717, 1.165) is 51.8 Å². The van der Waals surface area contributed by atoms with Crippen LogP contribution < -0.4 is 10.2 Å². The number of likely N-dealkylation sites (N-methyl/N-ethyl adjacent to an activating group) is 1. The number of aliphatic imine (C=N–C) groups is 1. The molecule has 1 aliphatic rings. The lowest BCUT2D eigenvalue weighted by atomic mass is 10.2. The highest BCUT2D eigenvalue weighted by Gasteiger charge is 2.11. The summed E-state index contributed by atoms with van der Waals surface area (Å²) in [5.41, 5.74) is 2.50. The quantitative estimate of drug-likeness (QED) is 0.586. The molecule has 0 aliphatic carbocycles. The van der Waals surface area contributed by atoms with Crippen LogP contribution in [0.2, 0.25) is 0 Å². The Bertz CT molecular complexity index is 693. The summed E-state index contributed by atoms with van der Waals surface area (Å²) in [7, 11) is 2.11. The predicted octanol–water partition coefficient (Wildman–Crippen LogP) is 3.22. The summed E-state index contributed by atoms with van der Waals surface area (Å²) in [5.74, 6) is 0.964. The maximum atomic E-state index is 5.43. The van der Waals surface area contributed by atoms with E-state index in [1.54, 1.807) is 0 Å². The fourth-order valence-corrected chi connectivity index (χ4v) is 3.81. The molecule has 1 aromatic heterocycles. The fraction of sp³-hybridized carbons (Fsp3) is 0.476. The van der Waals surface area contributed by atoms with Crippen molar-refractivity contribution in [3.8, 4) is 0 Å². The molecule has 0 amide bonds. The molecule has 1 N–H and O–H groups in total. The lowest BCUT2D eigenvalue weighted by Gasteiger charge is -2.28. The summed E-state index contributed by atoms with van der Waals surface area (Å²) in [6, 6.07) is 13.1. The number of anilines is 1. The second-order valence-electron chi connectivity index (χ2n) is 6.69. The van der Waals surface area contributed by atoms with Crippen LogP contribution in [0.4, 0.5) is 5.69 Å². The Morgan fingerprint density at radius 3 is 2.67 bits per heavy atom. The smallest absolute Gasteiger partial charge is 0.193 e. The van der Waals surface area contributed by atoms with E-state index < -0.39 is 0 Å². The Kier molecular flexibility index (Phi) is 7.54. The van der Waals surface area contributed by atoms with E-state index in [2.05, 4.69) is 70.9 Å². The van der Waals surface area contributed by atoms with Crippen LogP contribution in [0, 0.1) is 0 Å². The molecule has 1 aromatic carbocycles. The molecule has 2 heterocycles. The maximum absolute atomic E-state index is 5.43. The van der Waals surface area contributed by atoms with Gasteiger partial charge in [0, 0.05) is 43.8 Å². The highest BCUT2D eigenvalue weighted by atomic mass is 32.1. The molecule has 1 aliphatic heterocycles. The van der Waals surface area contributed by atoms with Crippen molar-refractivity contribution in [3.05, 3.63) is 52.2 Å². The number of thiophene rings is 1. The first-order valence-electron chi connectivity index (χ1n) is 9.69. The second kappa shape index (κ2) is 10.3. The molecular weight excluding hydrogens is 356 g/mol. The van der Waals surface area contributed by atoms with E-state index in [1.807, 2.05) is 11.3 Å². The van der Waals surface area contributed by atoms with E-state index >= 15 is 0 Å². The topological polar surface area (TPSA) is 40.1 Å². The van der Waals surface area contributed by atoms with Crippen molar-refractivity contribution in [2.45, 2.75) is 19.9 Å². The zero-order chi connectivity index (χ0) is 18.9. The number of nitrogens with one attached hydrogen (secondary N) is 1. The van der Waals surface area contributed by atoms with Gasteiger partial charge < -0.3 is 19.9 Å². The predicted molar refractivity (Wildman–Crippen MR) is 115 cm³/mol. The maximum Gasteiger partial charge on any atom is 0.193 e. The molecule has 1 saturated heterocycles. The third-order valence-corrected chi connectivity index (χ3v) is 5.63. The molecule has 0 bridgehead atoms. The van der Waals surface area contributed by atoms with Gasteiger partial charge in [-0.1, -0.05) is 18.2 Å². The summed E-state index contributed by atoms with van der Waals surface area (Å²) < 4.78 is 5.43. The van der Waals surface area contributed by atoms with Gasteiger partial charge in [0.2, 0.25) is 0 Å². The van der Waals surface area contributed by atoms with E-state index in [0.29, 0.717) is 6.54 Å². The van der Waals surface area contributed by atoms with Crippen LogP contribution in [-0.2, 0) is 17.7 Å². The molecule has 0 unspecified atom stereocenters.